The fraction of sp³-hybridized carbons (Fsp3) is 0.0769. The second kappa shape index (κ2) is 4.81. The number of ketones is 1. The Hall–Kier alpha value is -2.48. The lowest BCUT2D eigenvalue weighted by molar-refractivity contribution is -0.391. The van der Waals surface area contributed by atoms with E-state index in [0.717, 1.165) is 10.7 Å². The van der Waals surface area contributed by atoms with E-state index in [2.05, 4.69) is 20.9 Å². The van der Waals surface area contributed by atoms with E-state index < -0.39 is 4.92 Å². The molecule has 21 heavy (non-hydrogen) atoms. The number of hydrogen-bond acceptors (Lipinski definition) is 5. The van der Waals surface area contributed by atoms with Crippen LogP contribution in [0.15, 0.2) is 34.6 Å². The van der Waals surface area contributed by atoms with Gasteiger partial charge in [0.05, 0.1) is 18.7 Å². The van der Waals surface area contributed by atoms with Gasteiger partial charge in [0, 0.05) is 4.47 Å². The summed E-state index contributed by atoms with van der Waals surface area (Å²) in [5, 5.41) is 10.8. The maximum absolute atomic E-state index is 12.2. The number of hydrogen-bond donors (Lipinski definition) is 0. The Morgan fingerprint density at radius 2 is 2.24 bits per heavy atom. The Kier molecular flexibility index (Phi) is 3.09. The largest absolute Gasteiger partial charge is 0.452 e. The van der Waals surface area contributed by atoms with Gasteiger partial charge in [-0.25, -0.2) is 9.55 Å². The van der Waals surface area contributed by atoms with E-state index in [9.17, 15) is 14.9 Å². The van der Waals surface area contributed by atoms with Crippen LogP contribution in [0.4, 0.5) is 5.82 Å². The van der Waals surface area contributed by atoms with Crippen molar-refractivity contribution in [1.29, 1.82) is 0 Å². The maximum atomic E-state index is 12.2. The molecule has 0 N–H and O–H groups in total. The molecule has 0 bridgehead atoms. The number of allylic oxidation sites excluding steroid dienone is 1. The molecular formula is C13H8BrN3O4. The first kappa shape index (κ1) is 13.5. The first-order valence-electron chi connectivity index (χ1n) is 5.87. The molecule has 0 spiro atoms. The van der Waals surface area contributed by atoms with Gasteiger partial charge in [-0.2, -0.15) is 0 Å². The lowest BCUT2D eigenvalue weighted by Gasteiger charge is -1.97. The quantitative estimate of drug-likeness (QED) is 0.472. The number of aromatic nitrogens is 2. The number of nitro groups is 1. The Bertz CT molecular complexity index is 810. The van der Waals surface area contributed by atoms with E-state index in [4.69, 9.17) is 4.74 Å². The number of imidazole rings is 1. The van der Waals surface area contributed by atoms with Crippen LogP contribution in [0.25, 0.3) is 6.08 Å². The van der Waals surface area contributed by atoms with Crippen molar-refractivity contribution in [2.75, 3.05) is 0 Å². The van der Waals surface area contributed by atoms with Crippen LogP contribution >= 0.6 is 15.9 Å². The molecule has 0 aliphatic carbocycles. The van der Waals surface area contributed by atoms with Crippen LogP contribution < -0.4 is 4.74 Å². The van der Waals surface area contributed by atoms with Gasteiger partial charge >= 0.3 is 5.82 Å². The van der Waals surface area contributed by atoms with Gasteiger partial charge in [0.15, 0.2) is 5.76 Å². The summed E-state index contributed by atoms with van der Waals surface area (Å²) in [7, 11) is 1.50. The van der Waals surface area contributed by atoms with Gasteiger partial charge in [0.1, 0.15) is 11.9 Å². The van der Waals surface area contributed by atoms with Gasteiger partial charge < -0.3 is 14.9 Å². The standard InChI is InChI=1S/C13H8BrN3O4/c1-16-11(15-6-12(16)17(19)20)5-10-13(18)8-4-7(14)2-3-9(8)21-10/h2-6H,1H3/b10-5-. The Morgan fingerprint density at radius 1 is 1.48 bits per heavy atom. The summed E-state index contributed by atoms with van der Waals surface area (Å²) in [4.78, 5) is 26.4. The molecule has 2 heterocycles. The van der Waals surface area contributed by atoms with Gasteiger partial charge in [-0.3, -0.25) is 4.79 Å². The van der Waals surface area contributed by atoms with Crippen molar-refractivity contribution >= 4 is 33.6 Å². The number of benzene rings is 1. The Labute approximate surface area is 127 Å². The van der Waals surface area contributed by atoms with Crippen molar-refractivity contribution in [2.24, 2.45) is 7.05 Å². The average Bonchev–Trinajstić information content (AvgIpc) is 2.94. The molecule has 1 aromatic carbocycles. The van der Waals surface area contributed by atoms with Crippen LogP contribution in [0.2, 0.25) is 0 Å². The number of carbonyl (C=O) groups excluding carboxylic acids is 1. The van der Waals surface area contributed by atoms with E-state index in [-0.39, 0.29) is 23.2 Å². The SMILES string of the molecule is Cn1c([N+](=O)[O-])cnc1/C=C1\Oc2ccc(Br)cc2C1=O. The summed E-state index contributed by atoms with van der Waals surface area (Å²) in [6, 6.07) is 5.11. The number of halogens is 1. The van der Waals surface area contributed by atoms with Gasteiger partial charge in [0.25, 0.3) is 0 Å². The van der Waals surface area contributed by atoms with Crippen LogP contribution in [-0.4, -0.2) is 20.3 Å². The highest BCUT2D eigenvalue weighted by Gasteiger charge is 2.29. The third kappa shape index (κ3) is 2.23. The average molecular weight is 350 g/mol. The minimum Gasteiger partial charge on any atom is -0.452 e. The fourth-order valence-electron chi connectivity index (χ4n) is 2.00. The zero-order valence-electron chi connectivity index (χ0n) is 10.7. The molecule has 0 saturated heterocycles. The van der Waals surface area contributed by atoms with Gasteiger partial charge in [0.2, 0.25) is 11.6 Å². The maximum Gasteiger partial charge on any atom is 0.342 e. The van der Waals surface area contributed by atoms with Crippen LogP contribution in [0.1, 0.15) is 16.2 Å². The molecule has 1 aromatic heterocycles. The molecule has 3 rings (SSSR count). The lowest BCUT2D eigenvalue weighted by Crippen LogP contribution is -2.02. The highest BCUT2D eigenvalue weighted by Crippen LogP contribution is 2.33. The van der Waals surface area contributed by atoms with Crippen molar-refractivity contribution in [1.82, 2.24) is 9.55 Å². The molecule has 0 saturated carbocycles. The third-order valence-electron chi connectivity index (χ3n) is 3.08. The van der Waals surface area contributed by atoms with Gasteiger partial charge in [-0.05, 0) is 23.1 Å². The van der Waals surface area contributed by atoms with Crippen LogP contribution in [-0.2, 0) is 7.05 Å². The molecule has 0 atom stereocenters. The minimum atomic E-state index is -0.543. The van der Waals surface area contributed by atoms with Crippen molar-refractivity contribution in [3.05, 3.63) is 56.1 Å². The normalized spacial score (nSPS) is 15.1. The van der Waals surface area contributed by atoms with E-state index in [0.29, 0.717) is 11.3 Å². The molecular weight excluding hydrogens is 342 g/mol. The molecule has 0 fully saturated rings. The summed E-state index contributed by atoms with van der Waals surface area (Å²) >= 11 is 3.29. The topological polar surface area (TPSA) is 87.3 Å². The number of Topliss-reactive ketones (excluding diaryl/α,β-unsaturated/α-hetero) is 1. The smallest absolute Gasteiger partial charge is 0.342 e. The summed E-state index contributed by atoms with van der Waals surface area (Å²) in [5.41, 5.74) is 0.444. The number of nitrogens with zero attached hydrogens (tertiary/aromatic N) is 3. The molecule has 7 nitrogen and oxygen atoms in total. The monoisotopic (exact) mass is 349 g/mol. The molecule has 1 aliphatic rings. The number of fused-ring (bicyclic) bond motifs is 1. The Balaban J connectivity index is 2.00. The first-order valence-corrected chi connectivity index (χ1v) is 6.66. The minimum absolute atomic E-state index is 0.0895. The summed E-state index contributed by atoms with van der Waals surface area (Å²) in [6.45, 7) is 0. The van der Waals surface area contributed by atoms with E-state index in [1.54, 1.807) is 18.2 Å². The second-order valence-electron chi connectivity index (χ2n) is 4.37. The van der Waals surface area contributed by atoms with Crippen molar-refractivity contribution in [3.8, 4) is 5.75 Å². The molecule has 0 amide bonds. The van der Waals surface area contributed by atoms with Crippen LogP contribution in [0.3, 0.4) is 0 Å². The molecule has 1 aliphatic heterocycles. The Morgan fingerprint density at radius 3 is 2.90 bits per heavy atom. The van der Waals surface area contributed by atoms with E-state index >= 15 is 0 Å². The highest BCUT2D eigenvalue weighted by atomic mass is 79.9. The summed E-state index contributed by atoms with van der Waals surface area (Å²) in [5.74, 6) is 0.381. The summed E-state index contributed by atoms with van der Waals surface area (Å²) in [6.07, 6.45) is 2.53. The van der Waals surface area contributed by atoms with Gasteiger partial charge in [-0.15, -0.1) is 0 Å². The number of ether oxygens (including phenoxy) is 1. The highest BCUT2D eigenvalue weighted by molar-refractivity contribution is 9.10. The number of carbonyl (C=O) groups is 1. The van der Waals surface area contributed by atoms with Gasteiger partial charge in [-0.1, -0.05) is 15.9 Å². The summed E-state index contributed by atoms with van der Waals surface area (Å²) < 4.78 is 7.52. The van der Waals surface area contributed by atoms with Crippen molar-refractivity contribution in [3.63, 3.8) is 0 Å². The number of rotatable bonds is 2. The van der Waals surface area contributed by atoms with Crippen molar-refractivity contribution in [2.45, 2.75) is 0 Å². The zero-order chi connectivity index (χ0) is 15.1. The van der Waals surface area contributed by atoms with Crippen LogP contribution in [0, 0.1) is 10.1 Å². The van der Waals surface area contributed by atoms with Crippen LogP contribution in [0.5, 0.6) is 5.75 Å². The molecule has 0 unspecified atom stereocenters. The molecule has 2 aromatic rings. The second-order valence-corrected chi connectivity index (χ2v) is 5.29. The van der Waals surface area contributed by atoms with E-state index in [1.807, 2.05) is 0 Å². The fourth-order valence-corrected chi connectivity index (χ4v) is 2.36. The molecule has 0 radical (unpaired) electrons. The molecule has 8 heteroatoms. The predicted octanol–water partition coefficient (Wildman–Crippen LogP) is 2.71. The third-order valence-corrected chi connectivity index (χ3v) is 3.57. The first-order chi connectivity index (χ1) is 9.97. The lowest BCUT2D eigenvalue weighted by atomic mass is 10.1. The zero-order valence-corrected chi connectivity index (χ0v) is 12.3. The predicted molar refractivity (Wildman–Crippen MR) is 76.9 cm³/mol. The van der Waals surface area contributed by atoms with E-state index in [1.165, 1.54) is 17.7 Å². The molecule has 106 valence electrons. The van der Waals surface area contributed by atoms with Crippen molar-refractivity contribution < 1.29 is 14.5 Å².